The van der Waals surface area contributed by atoms with E-state index in [2.05, 4.69) is 17.6 Å². The van der Waals surface area contributed by atoms with Gasteiger partial charge in [-0.2, -0.15) is 0 Å². The zero-order chi connectivity index (χ0) is 19.7. The highest BCUT2D eigenvalue weighted by Gasteiger charge is 2.31. The van der Waals surface area contributed by atoms with Crippen molar-refractivity contribution in [2.45, 2.75) is 47.1 Å². The molecule has 1 atom stereocenters. The van der Waals surface area contributed by atoms with Crippen molar-refractivity contribution in [3.63, 3.8) is 0 Å². The first-order chi connectivity index (χ1) is 12.7. The molecule has 3 amide bonds. The molecule has 0 radical (unpaired) electrons. The summed E-state index contributed by atoms with van der Waals surface area (Å²) < 4.78 is 0. The molecule has 1 fully saturated rings. The summed E-state index contributed by atoms with van der Waals surface area (Å²) in [6, 6.07) is 9.62. The lowest BCUT2D eigenvalue weighted by Gasteiger charge is -2.19. The minimum Gasteiger partial charge on any atom is -0.333 e. The van der Waals surface area contributed by atoms with Crippen LogP contribution in [0.25, 0.3) is 0 Å². The fourth-order valence-corrected chi connectivity index (χ4v) is 3.66. The van der Waals surface area contributed by atoms with E-state index in [1.54, 1.807) is 4.90 Å². The number of urea groups is 1. The molecule has 0 spiro atoms. The summed E-state index contributed by atoms with van der Waals surface area (Å²) in [5, 5.41) is 5.88. The largest absolute Gasteiger partial charge is 0.333 e. The maximum absolute atomic E-state index is 12.5. The Morgan fingerprint density at radius 2 is 1.63 bits per heavy atom. The van der Waals surface area contributed by atoms with E-state index in [0.717, 1.165) is 28.1 Å². The van der Waals surface area contributed by atoms with Gasteiger partial charge in [0.25, 0.3) is 0 Å². The van der Waals surface area contributed by atoms with E-state index < -0.39 is 0 Å². The Morgan fingerprint density at radius 1 is 0.963 bits per heavy atom. The number of rotatable bonds is 3. The van der Waals surface area contributed by atoms with Crippen LogP contribution in [0.2, 0.25) is 0 Å². The molecular formula is C22H27N3O2. The zero-order valence-corrected chi connectivity index (χ0v) is 16.6. The number of nitrogens with one attached hydrogen (secondary N) is 2. The monoisotopic (exact) mass is 365 g/mol. The minimum absolute atomic E-state index is 0.0336. The summed E-state index contributed by atoms with van der Waals surface area (Å²) in [6.45, 7) is 10.6. The first kappa shape index (κ1) is 19.0. The SMILES string of the molecule is Cc1cc(C)c(NC(=O)N[C@H]2CC(=O)N(c3ccc(C)c(C)c3)C2)c(C)c1. The summed E-state index contributed by atoms with van der Waals surface area (Å²) in [5.41, 5.74) is 7.29. The third-order valence-corrected chi connectivity index (χ3v) is 5.18. The van der Waals surface area contributed by atoms with E-state index in [4.69, 9.17) is 0 Å². The van der Waals surface area contributed by atoms with Gasteiger partial charge in [-0.1, -0.05) is 23.8 Å². The van der Waals surface area contributed by atoms with Crippen LogP contribution >= 0.6 is 0 Å². The second-order valence-electron chi connectivity index (χ2n) is 7.55. The van der Waals surface area contributed by atoms with Crippen molar-refractivity contribution < 1.29 is 9.59 Å². The van der Waals surface area contributed by atoms with E-state index in [0.29, 0.717) is 13.0 Å². The second kappa shape index (κ2) is 7.43. The lowest BCUT2D eigenvalue weighted by molar-refractivity contribution is -0.117. The minimum atomic E-state index is -0.273. The number of amides is 3. The zero-order valence-electron chi connectivity index (χ0n) is 16.6. The van der Waals surface area contributed by atoms with Crippen LogP contribution in [0, 0.1) is 34.6 Å². The number of hydrogen-bond acceptors (Lipinski definition) is 2. The quantitative estimate of drug-likeness (QED) is 0.858. The third-order valence-electron chi connectivity index (χ3n) is 5.18. The van der Waals surface area contributed by atoms with Crippen LogP contribution in [0.1, 0.15) is 34.2 Å². The first-order valence-corrected chi connectivity index (χ1v) is 9.27. The van der Waals surface area contributed by atoms with Crippen molar-refractivity contribution in [2.24, 2.45) is 0 Å². The van der Waals surface area contributed by atoms with Crippen molar-refractivity contribution in [3.8, 4) is 0 Å². The van der Waals surface area contributed by atoms with Gasteiger partial charge in [-0.3, -0.25) is 4.79 Å². The molecule has 2 aromatic rings. The normalized spacial score (nSPS) is 16.6. The number of benzene rings is 2. The average Bonchev–Trinajstić information content (AvgIpc) is 2.93. The molecule has 5 nitrogen and oxygen atoms in total. The molecule has 142 valence electrons. The lowest BCUT2D eigenvalue weighted by atomic mass is 10.1. The van der Waals surface area contributed by atoms with Crippen molar-refractivity contribution in [1.82, 2.24) is 5.32 Å². The molecule has 2 aromatic carbocycles. The number of nitrogens with zero attached hydrogens (tertiary/aromatic N) is 1. The molecule has 0 saturated carbocycles. The van der Waals surface area contributed by atoms with Gasteiger partial charge in [-0.25, -0.2) is 4.79 Å². The molecule has 1 aliphatic heterocycles. The van der Waals surface area contributed by atoms with Gasteiger partial charge in [0.2, 0.25) is 5.91 Å². The summed E-state index contributed by atoms with van der Waals surface area (Å²) >= 11 is 0. The van der Waals surface area contributed by atoms with E-state index >= 15 is 0 Å². The van der Waals surface area contributed by atoms with Gasteiger partial charge in [0.05, 0.1) is 6.04 Å². The predicted molar refractivity (Wildman–Crippen MR) is 109 cm³/mol. The van der Waals surface area contributed by atoms with Crippen LogP contribution in [0.4, 0.5) is 16.2 Å². The number of hydrogen-bond donors (Lipinski definition) is 2. The summed E-state index contributed by atoms with van der Waals surface area (Å²) in [6.07, 6.45) is 0.312. The maximum atomic E-state index is 12.5. The van der Waals surface area contributed by atoms with Crippen LogP contribution in [-0.4, -0.2) is 24.5 Å². The van der Waals surface area contributed by atoms with E-state index in [1.165, 1.54) is 11.1 Å². The molecule has 0 unspecified atom stereocenters. The second-order valence-corrected chi connectivity index (χ2v) is 7.55. The Balaban J connectivity index is 1.66. The van der Waals surface area contributed by atoms with Crippen LogP contribution in [0.15, 0.2) is 30.3 Å². The fraction of sp³-hybridized carbons (Fsp3) is 0.364. The van der Waals surface area contributed by atoms with Gasteiger partial charge in [0.15, 0.2) is 0 Å². The lowest BCUT2D eigenvalue weighted by Crippen LogP contribution is -2.40. The molecule has 2 N–H and O–H groups in total. The highest BCUT2D eigenvalue weighted by atomic mass is 16.2. The highest BCUT2D eigenvalue weighted by Crippen LogP contribution is 2.25. The molecule has 5 heteroatoms. The van der Waals surface area contributed by atoms with Gasteiger partial charge < -0.3 is 15.5 Å². The Labute approximate surface area is 160 Å². The Morgan fingerprint density at radius 3 is 2.26 bits per heavy atom. The topological polar surface area (TPSA) is 61.4 Å². The van der Waals surface area contributed by atoms with Crippen molar-refractivity contribution in [3.05, 3.63) is 58.1 Å². The van der Waals surface area contributed by atoms with Gasteiger partial charge in [0.1, 0.15) is 0 Å². The Hall–Kier alpha value is -2.82. The van der Waals surface area contributed by atoms with Gasteiger partial charge in [0, 0.05) is 24.3 Å². The summed E-state index contributed by atoms with van der Waals surface area (Å²) in [5.74, 6) is 0.0336. The molecule has 0 bridgehead atoms. The van der Waals surface area contributed by atoms with Gasteiger partial charge in [-0.05, 0) is 69.0 Å². The van der Waals surface area contributed by atoms with Crippen LogP contribution in [0.5, 0.6) is 0 Å². The number of carbonyl (C=O) groups excluding carboxylic acids is 2. The van der Waals surface area contributed by atoms with Crippen molar-refractivity contribution >= 4 is 23.3 Å². The molecule has 1 aliphatic rings. The Bertz CT molecular complexity index is 881. The molecule has 0 aromatic heterocycles. The predicted octanol–water partition coefficient (Wildman–Crippen LogP) is 4.16. The first-order valence-electron chi connectivity index (χ1n) is 9.27. The van der Waals surface area contributed by atoms with Crippen molar-refractivity contribution in [1.29, 1.82) is 0 Å². The molecule has 3 rings (SSSR count). The van der Waals surface area contributed by atoms with Crippen LogP contribution in [0.3, 0.4) is 0 Å². The summed E-state index contributed by atoms with van der Waals surface area (Å²) in [7, 11) is 0. The van der Waals surface area contributed by atoms with Crippen LogP contribution < -0.4 is 15.5 Å². The van der Waals surface area contributed by atoms with Crippen molar-refractivity contribution in [2.75, 3.05) is 16.8 Å². The molecule has 1 saturated heterocycles. The maximum Gasteiger partial charge on any atom is 0.319 e. The molecule has 0 aliphatic carbocycles. The van der Waals surface area contributed by atoms with E-state index in [1.807, 2.05) is 58.0 Å². The molecular weight excluding hydrogens is 338 g/mol. The Kier molecular flexibility index (Phi) is 5.22. The molecule has 27 heavy (non-hydrogen) atoms. The van der Waals surface area contributed by atoms with Gasteiger partial charge in [-0.15, -0.1) is 0 Å². The van der Waals surface area contributed by atoms with Gasteiger partial charge >= 0.3 is 6.03 Å². The number of aryl methyl sites for hydroxylation is 5. The average molecular weight is 365 g/mol. The fourth-order valence-electron chi connectivity index (χ4n) is 3.66. The van der Waals surface area contributed by atoms with E-state index in [9.17, 15) is 9.59 Å². The van der Waals surface area contributed by atoms with E-state index in [-0.39, 0.29) is 18.0 Å². The number of anilines is 2. The standard InChI is InChI=1S/C22H27N3O2/c1-13-8-16(4)21(17(5)9-13)24-22(27)23-18-11-20(26)25(12-18)19-7-6-14(2)15(3)10-19/h6-10,18H,11-12H2,1-5H3,(H2,23,24,27)/t18-/m0/s1. The third kappa shape index (κ3) is 4.13. The smallest absolute Gasteiger partial charge is 0.319 e. The number of carbonyl (C=O) groups is 2. The highest BCUT2D eigenvalue weighted by molar-refractivity contribution is 5.98. The molecule has 1 heterocycles. The van der Waals surface area contributed by atoms with Crippen LogP contribution in [-0.2, 0) is 4.79 Å². The summed E-state index contributed by atoms with van der Waals surface area (Å²) in [4.78, 5) is 26.6.